The first-order valence-corrected chi connectivity index (χ1v) is 8.14. The minimum atomic E-state index is 0.512. The van der Waals surface area contributed by atoms with Gasteiger partial charge in [-0.25, -0.2) is 0 Å². The zero-order valence-electron chi connectivity index (χ0n) is 11.4. The van der Waals surface area contributed by atoms with Gasteiger partial charge in [-0.3, -0.25) is 0 Å². The minimum absolute atomic E-state index is 0.512. The number of hydrogen-bond acceptors (Lipinski definition) is 3. The van der Waals surface area contributed by atoms with Crippen molar-refractivity contribution < 1.29 is 4.74 Å². The molecular weight excluding hydrogens is 242 g/mol. The van der Waals surface area contributed by atoms with Crippen LogP contribution in [0.4, 0.5) is 0 Å². The Labute approximate surface area is 115 Å². The van der Waals surface area contributed by atoms with E-state index < -0.39 is 0 Å². The highest BCUT2D eigenvalue weighted by atomic mass is 32.1. The molecular formula is C15H25NOS. The van der Waals surface area contributed by atoms with Crippen molar-refractivity contribution in [3.63, 3.8) is 0 Å². The van der Waals surface area contributed by atoms with Gasteiger partial charge >= 0.3 is 0 Å². The summed E-state index contributed by atoms with van der Waals surface area (Å²) in [6, 6.07) is 2.20. The first-order valence-electron chi connectivity index (χ1n) is 7.19. The van der Waals surface area contributed by atoms with E-state index in [-0.39, 0.29) is 0 Å². The standard InChI is InChI=1S/C15H25NOS/c1-13-4-2-3-5-15(13)17-10-9-16-8-6-14-7-11-18-12-14/h7,11-13,15-16H,2-6,8-10H2,1H3. The van der Waals surface area contributed by atoms with Crippen LogP contribution in [0.3, 0.4) is 0 Å². The van der Waals surface area contributed by atoms with E-state index in [4.69, 9.17) is 4.74 Å². The Balaban J connectivity index is 1.48. The molecule has 2 rings (SSSR count). The number of hydrogen-bond donors (Lipinski definition) is 1. The fourth-order valence-corrected chi connectivity index (χ4v) is 3.31. The second-order valence-electron chi connectivity index (χ2n) is 5.30. The number of thiophene rings is 1. The molecule has 2 unspecified atom stereocenters. The molecule has 1 aliphatic rings. The molecule has 1 saturated carbocycles. The van der Waals surface area contributed by atoms with Crippen molar-refractivity contribution in [1.29, 1.82) is 0 Å². The molecule has 1 aromatic rings. The quantitative estimate of drug-likeness (QED) is 0.764. The van der Waals surface area contributed by atoms with E-state index in [0.717, 1.165) is 32.0 Å². The molecule has 102 valence electrons. The highest BCUT2D eigenvalue weighted by molar-refractivity contribution is 7.07. The maximum atomic E-state index is 5.97. The van der Waals surface area contributed by atoms with E-state index in [2.05, 4.69) is 29.1 Å². The SMILES string of the molecule is CC1CCCCC1OCCNCCc1ccsc1. The molecule has 1 aromatic heterocycles. The van der Waals surface area contributed by atoms with Gasteiger partial charge in [-0.15, -0.1) is 0 Å². The summed E-state index contributed by atoms with van der Waals surface area (Å²) in [5.74, 6) is 0.754. The molecule has 0 radical (unpaired) electrons. The highest BCUT2D eigenvalue weighted by Gasteiger charge is 2.21. The van der Waals surface area contributed by atoms with Crippen LogP contribution in [-0.2, 0) is 11.2 Å². The van der Waals surface area contributed by atoms with E-state index >= 15 is 0 Å². The lowest BCUT2D eigenvalue weighted by Gasteiger charge is -2.28. The maximum absolute atomic E-state index is 5.97. The number of ether oxygens (including phenoxy) is 1. The van der Waals surface area contributed by atoms with Crippen LogP contribution in [0.25, 0.3) is 0 Å². The smallest absolute Gasteiger partial charge is 0.0601 e. The van der Waals surface area contributed by atoms with E-state index in [9.17, 15) is 0 Å². The molecule has 1 fully saturated rings. The molecule has 1 aliphatic carbocycles. The van der Waals surface area contributed by atoms with Crippen molar-refractivity contribution in [2.24, 2.45) is 5.92 Å². The Bertz CT molecular complexity index is 312. The fourth-order valence-electron chi connectivity index (χ4n) is 2.60. The Kier molecular flexibility index (Phi) is 6.18. The Hall–Kier alpha value is -0.380. The van der Waals surface area contributed by atoms with Gasteiger partial charge in [-0.1, -0.05) is 19.8 Å². The van der Waals surface area contributed by atoms with Gasteiger partial charge in [0.15, 0.2) is 0 Å². The first kappa shape index (κ1) is 14.0. The van der Waals surface area contributed by atoms with Gasteiger partial charge in [0.05, 0.1) is 12.7 Å². The van der Waals surface area contributed by atoms with Crippen LogP contribution in [0, 0.1) is 5.92 Å². The second kappa shape index (κ2) is 7.93. The van der Waals surface area contributed by atoms with E-state index in [1.807, 2.05) is 0 Å². The van der Waals surface area contributed by atoms with Crippen molar-refractivity contribution in [3.05, 3.63) is 22.4 Å². The molecule has 0 saturated heterocycles. The summed E-state index contributed by atoms with van der Waals surface area (Å²) in [6.07, 6.45) is 6.98. The third-order valence-electron chi connectivity index (χ3n) is 3.81. The van der Waals surface area contributed by atoms with E-state index in [1.165, 1.54) is 31.2 Å². The second-order valence-corrected chi connectivity index (χ2v) is 6.08. The van der Waals surface area contributed by atoms with Gasteiger partial charge in [0.25, 0.3) is 0 Å². The van der Waals surface area contributed by atoms with Gasteiger partial charge in [0, 0.05) is 6.54 Å². The maximum Gasteiger partial charge on any atom is 0.0601 e. The van der Waals surface area contributed by atoms with Crippen LogP contribution in [0.15, 0.2) is 16.8 Å². The third kappa shape index (κ3) is 4.71. The molecule has 3 heteroatoms. The average Bonchev–Trinajstić information content (AvgIpc) is 2.89. The molecule has 0 aromatic carbocycles. The van der Waals surface area contributed by atoms with Crippen molar-refractivity contribution in [2.45, 2.75) is 45.1 Å². The molecule has 1 heterocycles. The zero-order valence-corrected chi connectivity index (χ0v) is 12.2. The van der Waals surface area contributed by atoms with Gasteiger partial charge in [-0.05, 0) is 54.1 Å². The van der Waals surface area contributed by atoms with Gasteiger partial charge in [0.1, 0.15) is 0 Å². The van der Waals surface area contributed by atoms with E-state index in [0.29, 0.717) is 6.10 Å². The molecule has 0 aliphatic heterocycles. The normalized spacial score (nSPS) is 24.3. The average molecular weight is 267 g/mol. The Morgan fingerprint density at radius 2 is 2.22 bits per heavy atom. The third-order valence-corrected chi connectivity index (χ3v) is 4.55. The van der Waals surface area contributed by atoms with Crippen LogP contribution in [0.5, 0.6) is 0 Å². The molecule has 0 amide bonds. The van der Waals surface area contributed by atoms with Gasteiger partial charge in [-0.2, -0.15) is 11.3 Å². The van der Waals surface area contributed by atoms with Crippen molar-refractivity contribution in [1.82, 2.24) is 5.32 Å². The lowest BCUT2D eigenvalue weighted by atomic mass is 9.88. The summed E-state index contributed by atoms with van der Waals surface area (Å²) in [4.78, 5) is 0. The van der Waals surface area contributed by atoms with Crippen LogP contribution < -0.4 is 5.32 Å². The summed E-state index contributed by atoms with van der Waals surface area (Å²) in [6.45, 7) is 5.22. The monoisotopic (exact) mass is 267 g/mol. The predicted molar refractivity (Wildman–Crippen MR) is 78.3 cm³/mol. The summed E-state index contributed by atoms with van der Waals surface area (Å²) in [7, 11) is 0. The van der Waals surface area contributed by atoms with E-state index in [1.54, 1.807) is 11.3 Å². The topological polar surface area (TPSA) is 21.3 Å². The summed E-state index contributed by atoms with van der Waals surface area (Å²) < 4.78 is 5.97. The molecule has 1 N–H and O–H groups in total. The van der Waals surface area contributed by atoms with Gasteiger partial charge in [0.2, 0.25) is 0 Å². The highest BCUT2D eigenvalue weighted by Crippen LogP contribution is 2.25. The van der Waals surface area contributed by atoms with Crippen molar-refractivity contribution >= 4 is 11.3 Å². The summed E-state index contributed by atoms with van der Waals surface area (Å²) >= 11 is 1.77. The largest absolute Gasteiger partial charge is 0.377 e. The Morgan fingerprint density at radius 1 is 1.33 bits per heavy atom. The lowest BCUT2D eigenvalue weighted by Crippen LogP contribution is -2.29. The lowest BCUT2D eigenvalue weighted by molar-refractivity contribution is -0.00306. The first-order chi connectivity index (χ1) is 8.86. The molecule has 0 spiro atoms. The summed E-state index contributed by atoms with van der Waals surface area (Å²) in [5.41, 5.74) is 1.44. The van der Waals surface area contributed by atoms with Crippen LogP contribution in [0.1, 0.15) is 38.2 Å². The molecule has 18 heavy (non-hydrogen) atoms. The van der Waals surface area contributed by atoms with Crippen LogP contribution in [-0.4, -0.2) is 25.8 Å². The molecule has 2 nitrogen and oxygen atoms in total. The van der Waals surface area contributed by atoms with Crippen LogP contribution >= 0.6 is 11.3 Å². The van der Waals surface area contributed by atoms with Gasteiger partial charge < -0.3 is 10.1 Å². The fraction of sp³-hybridized carbons (Fsp3) is 0.733. The number of rotatable bonds is 7. The summed E-state index contributed by atoms with van der Waals surface area (Å²) in [5, 5.41) is 7.82. The minimum Gasteiger partial charge on any atom is -0.377 e. The molecule has 2 atom stereocenters. The molecule has 0 bridgehead atoms. The predicted octanol–water partition coefficient (Wildman–Crippen LogP) is 3.48. The zero-order chi connectivity index (χ0) is 12.6. The van der Waals surface area contributed by atoms with Crippen molar-refractivity contribution in [3.8, 4) is 0 Å². The Morgan fingerprint density at radius 3 is 3.00 bits per heavy atom. The van der Waals surface area contributed by atoms with Crippen LogP contribution in [0.2, 0.25) is 0 Å². The van der Waals surface area contributed by atoms with Crippen molar-refractivity contribution in [2.75, 3.05) is 19.7 Å². The number of nitrogens with one attached hydrogen (secondary N) is 1.